The van der Waals surface area contributed by atoms with Crippen LogP contribution < -0.4 is 10.1 Å². The Morgan fingerprint density at radius 2 is 1.31 bits per heavy atom. The molecule has 132 valence electrons. The average Bonchev–Trinajstić information content (AvgIpc) is 2.69. The first-order valence-electron chi connectivity index (χ1n) is 8.78. The van der Waals surface area contributed by atoms with Crippen LogP contribution in [-0.4, -0.2) is 13.0 Å². The second-order valence-corrected chi connectivity index (χ2v) is 6.27. The molecular formula is C23H23NO2. The number of para-hydroxylation sites is 2. The Morgan fingerprint density at radius 1 is 0.808 bits per heavy atom. The molecule has 3 rings (SSSR count). The molecule has 0 spiro atoms. The van der Waals surface area contributed by atoms with Gasteiger partial charge in [-0.2, -0.15) is 0 Å². The number of amides is 1. The molecule has 3 nitrogen and oxygen atoms in total. The molecule has 3 aromatic rings. The lowest BCUT2D eigenvalue weighted by atomic mass is 9.91. The van der Waals surface area contributed by atoms with Crippen molar-refractivity contribution in [3.8, 4) is 5.75 Å². The predicted octanol–water partition coefficient (Wildman–Crippen LogP) is 4.74. The van der Waals surface area contributed by atoms with Crippen LogP contribution in [-0.2, 0) is 17.6 Å². The zero-order valence-electron chi connectivity index (χ0n) is 14.9. The second-order valence-electron chi connectivity index (χ2n) is 6.27. The summed E-state index contributed by atoms with van der Waals surface area (Å²) >= 11 is 0. The molecule has 0 heterocycles. The molecule has 0 aliphatic rings. The van der Waals surface area contributed by atoms with Gasteiger partial charge in [0.15, 0.2) is 0 Å². The van der Waals surface area contributed by atoms with Crippen LogP contribution in [0.25, 0.3) is 0 Å². The Kier molecular flexibility index (Phi) is 6.05. The summed E-state index contributed by atoms with van der Waals surface area (Å²) in [4.78, 5) is 13.0. The van der Waals surface area contributed by atoms with Crippen molar-refractivity contribution < 1.29 is 9.53 Å². The minimum atomic E-state index is -0.162. The number of methoxy groups -OCH3 is 1. The number of rotatable bonds is 7. The third-order valence-electron chi connectivity index (χ3n) is 4.39. The third kappa shape index (κ3) is 4.73. The Balaban J connectivity index is 1.80. The number of benzene rings is 3. The van der Waals surface area contributed by atoms with Crippen LogP contribution in [0.1, 0.15) is 11.1 Å². The molecule has 1 amide bonds. The molecule has 3 heteroatoms. The molecule has 1 N–H and O–H groups in total. The summed E-state index contributed by atoms with van der Waals surface area (Å²) in [6.45, 7) is 0. The highest BCUT2D eigenvalue weighted by atomic mass is 16.5. The fourth-order valence-electron chi connectivity index (χ4n) is 3.04. The minimum Gasteiger partial charge on any atom is -0.495 e. The summed E-state index contributed by atoms with van der Waals surface area (Å²) in [5, 5.41) is 3.04. The fourth-order valence-corrected chi connectivity index (χ4v) is 3.04. The van der Waals surface area contributed by atoms with E-state index in [4.69, 9.17) is 4.74 Å². The Morgan fingerprint density at radius 3 is 1.85 bits per heavy atom. The lowest BCUT2D eigenvalue weighted by Crippen LogP contribution is -2.26. The van der Waals surface area contributed by atoms with Crippen molar-refractivity contribution in [2.24, 2.45) is 5.92 Å². The van der Waals surface area contributed by atoms with Gasteiger partial charge in [0.05, 0.1) is 12.8 Å². The lowest BCUT2D eigenvalue weighted by molar-refractivity contribution is -0.119. The second kappa shape index (κ2) is 8.86. The zero-order valence-corrected chi connectivity index (χ0v) is 14.9. The molecule has 0 bridgehead atoms. The Hall–Kier alpha value is -3.07. The summed E-state index contributed by atoms with van der Waals surface area (Å²) in [5.41, 5.74) is 3.01. The highest BCUT2D eigenvalue weighted by Crippen LogP contribution is 2.25. The van der Waals surface area contributed by atoms with Crippen molar-refractivity contribution in [3.05, 3.63) is 96.1 Å². The first-order chi connectivity index (χ1) is 12.8. The van der Waals surface area contributed by atoms with Crippen molar-refractivity contribution >= 4 is 11.6 Å². The topological polar surface area (TPSA) is 38.3 Å². The van der Waals surface area contributed by atoms with E-state index in [9.17, 15) is 4.79 Å². The Labute approximate surface area is 154 Å². The molecule has 3 aromatic carbocycles. The fraction of sp³-hybridized carbons (Fsp3) is 0.174. The van der Waals surface area contributed by atoms with E-state index in [1.54, 1.807) is 7.11 Å². The number of anilines is 1. The Bertz CT molecular complexity index is 790. The highest BCUT2D eigenvalue weighted by Gasteiger charge is 2.20. The van der Waals surface area contributed by atoms with E-state index >= 15 is 0 Å². The lowest BCUT2D eigenvalue weighted by Gasteiger charge is -2.18. The van der Waals surface area contributed by atoms with Gasteiger partial charge in [-0.15, -0.1) is 0 Å². The van der Waals surface area contributed by atoms with Gasteiger partial charge in [0.1, 0.15) is 5.75 Å². The summed E-state index contributed by atoms with van der Waals surface area (Å²) in [6.07, 6.45) is 1.38. The zero-order chi connectivity index (χ0) is 18.2. The molecule has 0 aliphatic carbocycles. The van der Waals surface area contributed by atoms with Gasteiger partial charge >= 0.3 is 0 Å². The van der Waals surface area contributed by atoms with Gasteiger partial charge in [0.2, 0.25) is 5.91 Å². The van der Waals surface area contributed by atoms with E-state index in [1.807, 2.05) is 60.7 Å². The van der Waals surface area contributed by atoms with Gasteiger partial charge in [0, 0.05) is 5.92 Å². The number of carbonyl (C=O) groups excluding carboxylic acids is 1. The quantitative estimate of drug-likeness (QED) is 0.672. The van der Waals surface area contributed by atoms with Crippen LogP contribution in [0.2, 0.25) is 0 Å². The summed E-state index contributed by atoms with van der Waals surface area (Å²) in [5.74, 6) is 0.506. The molecule has 0 radical (unpaired) electrons. The highest BCUT2D eigenvalue weighted by molar-refractivity contribution is 5.94. The number of ether oxygens (including phenoxy) is 1. The van der Waals surface area contributed by atoms with Crippen molar-refractivity contribution in [1.82, 2.24) is 0 Å². The van der Waals surface area contributed by atoms with Crippen LogP contribution in [0.4, 0.5) is 5.69 Å². The minimum absolute atomic E-state index is 0.00204. The summed E-state index contributed by atoms with van der Waals surface area (Å²) in [6, 6.07) is 27.8. The molecule has 0 saturated carbocycles. The number of carbonyl (C=O) groups is 1. The van der Waals surface area contributed by atoms with Crippen LogP contribution in [0.15, 0.2) is 84.9 Å². The maximum absolute atomic E-state index is 13.0. The van der Waals surface area contributed by atoms with Gasteiger partial charge in [0.25, 0.3) is 0 Å². The van der Waals surface area contributed by atoms with Crippen molar-refractivity contribution in [3.63, 3.8) is 0 Å². The maximum atomic E-state index is 13.0. The van der Waals surface area contributed by atoms with Crippen molar-refractivity contribution in [1.29, 1.82) is 0 Å². The van der Waals surface area contributed by atoms with Gasteiger partial charge in [-0.05, 0) is 36.1 Å². The number of hydrogen-bond donors (Lipinski definition) is 1. The molecule has 0 atom stereocenters. The van der Waals surface area contributed by atoms with E-state index in [0.717, 1.165) is 11.1 Å². The van der Waals surface area contributed by atoms with Crippen molar-refractivity contribution in [2.45, 2.75) is 12.8 Å². The SMILES string of the molecule is COc1ccccc1NC(=O)C(Cc1ccccc1)Cc1ccccc1. The third-order valence-corrected chi connectivity index (χ3v) is 4.39. The molecule has 0 aliphatic heterocycles. The van der Waals surface area contributed by atoms with E-state index < -0.39 is 0 Å². The van der Waals surface area contributed by atoms with Gasteiger partial charge in [-0.3, -0.25) is 4.79 Å². The number of nitrogens with one attached hydrogen (secondary N) is 1. The van der Waals surface area contributed by atoms with Crippen LogP contribution >= 0.6 is 0 Å². The smallest absolute Gasteiger partial charge is 0.228 e. The van der Waals surface area contributed by atoms with Crippen LogP contribution in [0.5, 0.6) is 5.75 Å². The van der Waals surface area contributed by atoms with Gasteiger partial charge in [-0.1, -0.05) is 72.8 Å². The largest absolute Gasteiger partial charge is 0.495 e. The number of hydrogen-bond acceptors (Lipinski definition) is 2. The first kappa shape index (κ1) is 17.7. The monoisotopic (exact) mass is 345 g/mol. The first-order valence-corrected chi connectivity index (χ1v) is 8.78. The molecule has 26 heavy (non-hydrogen) atoms. The van der Waals surface area contributed by atoms with Gasteiger partial charge in [-0.25, -0.2) is 0 Å². The normalized spacial score (nSPS) is 10.5. The van der Waals surface area contributed by atoms with E-state index in [0.29, 0.717) is 24.3 Å². The summed E-state index contributed by atoms with van der Waals surface area (Å²) in [7, 11) is 1.61. The van der Waals surface area contributed by atoms with Crippen LogP contribution in [0, 0.1) is 5.92 Å². The van der Waals surface area contributed by atoms with E-state index in [-0.39, 0.29) is 11.8 Å². The van der Waals surface area contributed by atoms with Crippen LogP contribution in [0.3, 0.4) is 0 Å². The predicted molar refractivity (Wildman–Crippen MR) is 105 cm³/mol. The van der Waals surface area contributed by atoms with E-state index in [1.165, 1.54) is 0 Å². The van der Waals surface area contributed by atoms with Gasteiger partial charge < -0.3 is 10.1 Å². The van der Waals surface area contributed by atoms with E-state index in [2.05, 4.69) is 29.6 Å². The van der Waals surface area contributed by atoms with Crippen molar-refractivity contribution in [2.75, 3.05) is 12.4 Å². The average molecular weight is 345 g/mol. The molecule has 0 saturated heterocycles. The summed E-state index contributed by atoms with van der Waals surface area (Å²) < 4.78 is 5.35. The standard InChI is InChI=1S/C23H23NO2/c1-26-22-15-9-8-14-21(22)24-23(25)20(16-18-10-4-2-5-11-18)17-19-12-6-3-7-13-19/h2-15,20H,16-17H2,1H3,(H,24,25). The molecule has 0 aromatic heterocycles. The maximum Gasteiger partial charge on any atom is 0.228 e. The molecule has 0 unspecified atom stereocenters. The molecule has 0 fully saturated rings. The molecular weight excluding hydrogens is 322 g/mol.